The smallest absolute Gasteiger partial charge is 0.357 e. The van der Waals surface area contributed by atoms with Gasteiger partial charge in [0, 0.05) is 32.1 Å². The van der Waals surface area contributed by atoms with E-state index in [0.29, 0.717) is 11.6 Å². The standard InChI is InChI=1S/C23H26FN5O2/c1-2-31-23(30)18-14-19(28-12-10-25-11-13-28)20-21(15-4-3-5-15)27-29(22(20)26-18)17-8-6-16(24)7-9-17/h6-9,14-15,25H,2-5,10-13H2,1H3. The first-order chi connectivity index (χ1) is 15.2. The fourth-order valence-corrected chi connectivity index (χ4v) is 4.32. The van der Waals surface area contributed by atoms with Gasteiger partial charge in [-0.1, -0.05) is 6.42 Å². The minimum Gasteiger partial charge on any atom is -0.461 e. The third-order valence-electron chi connectivity index (χ3n) is 6.15. The number of nitrogens with one attached hydrogen (secondary N) is 1. The Morgan fingerprint density at radius 3 is 2.61 bits per heavy atom. The zero-order valence-corrected chi connectivity index (χ0v) is 17.6. The topological polar surface area (TPSA) is 72.3 Å². The van der Waals surface area contributed by atoms with E-state index in [4.69, 9.17) is 14.8 Å². The molecule has 1 saturated carbocycles. The molecular weight excluding hydrogens is 397 g/mol. The molecule has 7 nitrogen and oxygen atoms in total. The Kier molecular flexibility index (Phi) is 5.31. The molecule has 31 heavy (non-hydrogen) atoms. The molecule has 2 fully saturated rings. The number of anilines is 1. The number of benzene rings is 1. The van der Waals surface area contributed by atoms with E-state index in [9.17, 15) is 9.18 Å². The maximum atomic E-state index is 13.6. The van der Waals surface area contributed by atoms with Crippen LogP contribution in [0.1, 0.15) is 48.3 Å². The van der Waals surface area contributed by atoms with Crippen LogP contribution in [0.4, 0.5) is 10.1 Å². The van der Waals surface area contributed by atoms with Gasteiger partial charge in [0.15, 0.2) is 11.3 Å². The number of pyridine rings is 1. The first-order valence-electron chi connectivity index (χ1n) is 11.0. The minimum absolute atomic E-state index is 0.270. The first kappa shape index (κ1) is 19.9. The van der Waals surface area contributed by atoms with Gasteiger partial charge in [0.1, 0.15) is 5.82 Å². The summed E-state index contributed by atoms with van der Waals surface area (Å²) in [5, 5.41) is 9.32. The van der Waals surface area contributed by atoms with Crippen molar-refractivity contribution < 1.29 is 13.9 Å². The number of fused-ring (bicyclic) bond motifs is 1. The molecule has 0 bridgehead atoms. The van der Waals surface area contributed by atoms with Crippen molar-refractivity contribution in [2.75, 3.05) is 37.7 Å². The van der Waals surface area contributed by atoms with Crippen LogP contribution in [0.25, 0.3) is 16.7 Å². The summed E-state index contributed by atoms with van der Waals surface area (Å²) in [5.74, 6) is -0.375. The normalized spacial score (nSPS) is 17.0. The number of carbonyl (C=O) groups excluding carboxylic acids is 1. The number of esters is 1. The fourth-order valence-electron chi connectivity index (χ4n) is 4.32. The summed E-state index contributed by atoms with van der Waals surface area (Å²) in [5.41, 5.74) is 3.60. The first-order valence-corrected chi connectivity index (χ1v) is 11.0. The van der Waals surface area contributed by atoms with Crippen LogP contribution in [0, 0.1) is 5.82 Å². The highest BCUT2D eigenvalue weighted by molar-refractivity contribution is 5.99. The lowest BCUT2D eigenvalue weighted by molar-refractivity contribution is 0.0520. The van der Waals surface area contributed by atoms with Crippen molar-refractivity contribution in [3.63, 3.8) is 0 Å². The third kappa shape index (κ3) is 3.65. The van der Waals surface area contributed by atoms with Gasteiger partial charge < -0.3 is 15.0 Å². The molecule has 5 rings (SSSR count). The quantitative estimate of drug-likeness (QED) is 0.634. The third-order valence-corrected chi connectivity index (χ3v) is 6.15. The maximum Gasteiger partial charge on any atom is 0.357 e. The molecule has 0 spiro atoms. The molecular formula is C23H26FN5O2. The number of halogens is 1. The molecule has 1 aliphatic heterocycles. The predicted molar refractivity (Wildman–Crippen MR) is 116 cm³/mol. The summed E-state index contributed by atoms with van der Waals surface area (Å²) in [7, 11) is 0. The zero-order chi connectivity index (χ0) is 21.4. The Labute approximate surface area is 180 Å². The highest BCUT2D eigenvalue weighted by Crippen LogP contribution is 2.42. The molecule has 2 aromatic heterocycles. The van der Waals surface area contributed by atoms with Gasteiger partial charge in [0.2, 0.25) is 0 Å². The molecule has 3 heterocycles. The van der Waals surface area contributed by atoms with E-state index in [1.165, 1.54) is 18.6 Å². The Morgan fingerprint density at radius 2 is 1.97 bits per heavy atom. The van der Waals surface area contributed by atoms with Crippen LogP contribution in [0.3, 0.4) is 0 Å². The number of piperazine rings is 1. The maximum absolute atomic E-state index is 13.6. The zero-order valence-electron chi connectivity index (χ0n) is 17.6. The fraction of sp³-hybridized carbons (Fsp3) is 0.435. The van der Waals surface area contributed by atoms with E-state index < -0.39 is 5.97 Å². The molecule has 1 aliphatic carbocycles. The average molecular weight is 423 g/mol. The van der Waals surface area contributed by atoms with Crippen LogP contribution in [-0.4, -0.2) is 53.5 Å². The van der Waals surface area contributed by atoms with Crippen LogP contribution in [0.2, 0.25) is 0 Å². The molecule has 3 aromatic rings. The molecule has 0 atom stereocenters. The highest BCUT2D eigenvalue weighted by atomic mass is 19.1. The summed E-state index contributed by atoms with van der Waals surface area (Å²) in [6.07, 6.45) is 3.37. The van der Waals surface area contributed by atoms with Gasteiger partial charge in [-0.15, -0.1) is 0 Å². The van der Waals surface area contributed by atoms with E-state index in [2.05, 4.69) is 10.2 Å². The van der Waals surface area contributed by atoms with Gasteiger partial charge in [-0.2, -0.15) is 5.10 Å². The van der Waals surface area contributed by atoms with Gasteiger partial charge in [-0.25, -0.2) is 18.9 Å². The lowest BCUT2D eigenvalue weighted by Gasteiger charge is -2.31. The lowest BCUT2D eigenvalue weighted by atomic mass is 9.82. The summed E-state index contributed by atoms with van der Waals surface area (Å²) in [6, 6.07) is 8.06. The monoisotopic (exact) mass is 423 g/mol. The molecule has 0 unspecified atom stereocenters. The van der Waals surface area contributed by atoms with Gasteiger partial charge in [-0.3, -0.25) is 0 Å². The molecule has 8 heteroatoms. The Morgan fingerprint density at radius 1 is 1.23 bits per heavy atom. The van der Waals surface area contributed by atoms with Crippen molar-refractivity contribution in [2.45, 2.75) is 32.1 Å². The number of nitrogens with zero attached hydrogens (tertiary/aromatic N) is 4. The van der Waals surface area contributed by atoms with E-state index in [0.717, 1.165) is 61.5 Å². The Bertz CT molecular complexity index is 1100. The van der Waals surface area contributed by atoms with Crippen molar-refractivity contribution in [1.82, 2.24) is 20.1 Å². The summed E-state index contributed by atoms with van der Waals surface area (Å²) in [4.78, 5) is 19.6. The Hall–Kier alpha value is -3.00. The number of carbonyl (C=O) groups is 1. The highest BCUT2D eigenvalue weighted by Gasteiger charge is 2.30. The van der Waals surface area contributed by atoms with E-state index in [1.807, 2.05) is 6.07 Å². The van der Waals surface area contributed by atoms with Crippen molar-refractivity contribution in [1.29, 1.82) is 0 Å². The predicted octanol–water partition coefficient (Wildman–Crippen LogP) is 3.41. The van der Waals surface area contributed by atoms with E-state index in [-0.39, 0.29) is 18.1 Å². The van der Waals surface area contributed by atoms with Crippen molar-refractivity contribution in [3.8, 4) is 5.69 Å². The second kappa shape index (κ2) is 8.26. The Balaban J connectivity index is 1.75. The van der Waals surface area contributed by atoms with E-state index >= 15 is 0 Å². The molecule has 1 aromatic carbocycles. The van der Waals surface area contributed by atoms with Crippen LogP contribution in [0.5, 0.6) is 0 Å². The summed E-state index contributed by atoms with van der Waals surface area (Å²) < 4.78 is 20.6. The number of rotatable bonds is 5. The van der Waals surface area contributed by atoms with Crippen LogP contribution in [-0.2, 0) is 4.74 Å². The molecule has 0 radical (unpaired) electrons. The van der Waals surface area contributed by atoms with Crippen LogP contribution in [0.15, 0.2) is 30.3 Å². The van der Waals surface area contributed by atoms with Crippen molar-refractivity contribution in [3.05, 3.63) is 47.5 Å². The number of ether oxygens (including phenoxy) is 1. The largest absolute Gasteiger partial charge is 0.461 e. The van der Waals surface area contributed by atoms with Crippen molar-refractivity contribution >= 4 is 22.7 Å². The summed E-state index contributed by atoms with van der Waals surface area (Å²) in [6.45, 7) is 5.50. The van der Waals surface area contributed by atoms with Gasteiger partial charge >= 0.3 is 5.97 Å². The number of hydrogen-bond acceptors (Lipinski definition) is 6. The minimum atomic E-state index is -0.446. The summed E-state index contributed by atoms with van der Waals surface area (Å²) >= 11 is 0. The van der Waals surface area contributed by atoms with Crippen LogP contribution < -0.4 is 10.2 Å². The number of aromatic nitrogens is 3. The SMILES string of the molecule is CCOC(=O)c1cc(N2CCNCC2)c2c(C3CCC3)nn(-c3ccc(F)cc3)c2n1. The molecule has 1 N–H and O–H groups in total. The average Bonchev–Trinajstić information content (AvgIpc) is 3.12. The van der Waals surface area contributed by atoms with Crippen molar-refractivity contribution in [2.24, 2.45) is 0 Å². The second-order valence-electron chi connectivity index (χ2n) is 8.08. The van der Waals surface area contributed by atoms with Gasteiger partial charge in [0.05, 0.1) is 29.1 Å². The van der Waals surface area contributed by atoms with E-state index in [1.54, 1.807) is 23.7 Å². The van der Waals surface area contributed by atoms with Gasteiger partial charge in [-0.05, 0) is 50.1 Å². The number of hydrogen-bond donors (Lipinski definition) is 1. The van der Waals surface area contributed by atoms with Crippen LogP contribution >= 0.6 is 0 Å². The second-order valence-corrected chi connectivity index (χ2v) is 8.08. The molecule has 162 valence electrons. The molecule has 0 amide bonds. The lowest BCUT2D eigenvalue weighted by Crippen LogP contribution is -2.43. The molecule has 2 aliphatic rings. The van der Waals surface area contributed by atoms with Gasteiger partial charge in [0.25, 0.3) is 0 Å². The molecule has 1 saturated heterocycles.